The van der Waals surface area contributed by atoms with Crippen molar-refractivity contribution in [3.8, 4) is 0 Å². The van der Waals surface area contributed by atoms with Crippen LogP contribution in [0.25, 0.3) is 0 Å². The first-order chi connectivity index (χ1) is 12.8. The Morgan fingerprint density at radius 1 is 0.846 bits per heavy atom. The summed E-state index contributed by atoms with van der Waals surface area (Å²) in [6.45, 7) is 2.21. The zero-order valence-corrected chi connectivity index (χ0v) is 15.7. The zero-order chi connectivity index (χ0) is 18.2. The van der Waals surface area contributed by atoms with Crippen LogP contribution in [-0.2, 0) is 0 Å². The number of aryl methyl sites for hydroxylation is 1. The average Bonchev–Trinajstić information content (AvgIpc) is 2.69. The molecule has 0 unspecified atom stereocenters. The first-order valence-corrected chi connectivity index (χ1v) is 9.75. The van der Waals surface area contributed by atoms with E-state index in [2.05, 4.69) is 67.6 Å². The van der Waals surface area contributed by atoms with Crippen LogP contribution in [0.5, 0.6) is 0 Å². The van der Waals surface area contributed by atoms with Gasteiger partial charge in [-0.3, -0.25) is 0 Å². The monoisotopic (exact) mass is 361 g/mol. The number of nitrogens with zero attached hydrogens (tertiary/aromatic N) is 1. The van der Waals surface area contributed by atoms with Gasteiger partial charge < -0.3 is 5.11 Å². The van der Waals surface area contributed by atoms with Crippen LogP contribution in [-0.4, -0.2) is 22.5 Å². The number of rotatable bonds is 6. The number of aliphatic imine (C=N–C) groups is 1. The Kier molecular flexibility index (Phi) is 6.64. The van der Waals surface area contributed by atoms with E-state index in [1.54, 1.807) is 11.8 Å². The lowest BCUT2D eigenvalue weighted by Gasteiger charge is -2.20. The Labute approximate surface area is 159 Å². The summed E-state index contributed by atoms with van der Waals surface area (Å²) in [5.41, 5.74) is 4.56. The minimum Gasteiger partial charge on any atom is -0.396 e. The minimum atomic E-state index is 0.0512. The van der Waals surface area contributed by atoms with Crippen LogP contribution in [0.15, 0.2) is 89.9 Å². The maximum atomic E-state index is 9.36. The van der Waals surface area contributed by atoms with Gasteiger partial charge >= 0.3 is 0 Å². The van der Waals surface area contributed by atoms with Gasteiger partial charge in [0, 0.05) is 5.75 Å². The van der Waals surface area contributed by atoms with Crippen LogP contribution in [0.2, 0.25) is 0 Å². The molecule has 0 aliphatic rings. The minimum absolute atomic E-state index is 0.0512. The van der Waals surface area contributed by atoms with Gasteiger partial charge in [0.15, 0.2) is 0 Å². The normalized spacial score (nSPS) is 11.7. The van der Waals surface area contributed by atoms with E-state index in [9.17, 15) is 5.11 Å². The third-order valence-corrected chi connectivity index (χ3v) is 5.14. The first kappa shape index (κ1) is 18.4. The van der Waals surface area contributed by atoms with Crippen LogP contribution < -0.4 is 0 Å². The molecule has 0 fully saturated rings. The van der Waals surface area contributed by atoms with E-state index in [-0.39, 0.29) is 12.5 Å². The SMILES string of the molecule is Cc1ccc(N=C(SCCO)C(c2ccccc2)c2ccccc2)cc1. The molecule has 132 valence electrons. The molecule has 0 bridgehead atoms. The van der Waals surface area contributed by atoms with Crippen molar-refractivity contribution in [3.63, 3.8) is 0 Å². The van der Waals surface area contributed by atoms with E-state index >= 15 is 0 Å². The van der Waals surface area contributed by atoms with Crippen molar-refractivity contribution in [2.24, 2.45) is 4.99 Å². The summed E-state index contributed by atoms with van der Waals surface area (Å²) in [6.07, 6.45) is 0. The number of hydrogen-bond acceptors (Lipinski definition) is 3. The van der Waals surface area contributed by atoms with Gasteiger partial charge in [-0.25, -0.2) is 4.99 Å². The van der Waals surface area contributed by atoms with Crippen LogP contribution in [0.4, 0.5) is 5.69 Å². The molecule has 0 atom stereocenters. The molecule has 0 aliphatic heterocycles. The number of aliphatic hydroxyl groups is 1. The second-order valence-electron chi connectivity index (χ2n) is 6.11. The van der Waals surface area contributed by atoms with E-state index in [0.717, 1.165) is 10.7 Å². The fourth-order valence-electron chi connectivity index (χ4n) is 2.85. The van der Waals surface area contributed by atoms with Gasteiger partial charge in [-0.15, -0.1) is 11.8 Å². The Bertz CT molecular complexity index is 790. The molecule has 0 saturated heterocycles. The van der Waals surface area contributed by atoms with Crippen molar-refractivity contribution in [2.45, 2.75) is 12.8 Å². The first-order valence-electron chi connectivity index (χ1n) is 8.77. The van der Waals surface area contributed by atoms with Gasteiger partial charge in [-0.2, -0.15) is 0 Å². The molecule has 0 amide bonds. The number of benzene rings is 3. The van der Waals surface area contributed by atoms with Crippen LogP contribution in [0.1, 0.15) is 22.6 Å². The predicted octanol–water partition coefficient (Wildman–Crippen LogP) is 5.58. The molecule has 3 heteroatoms. The highest BCUT2D eigenvalue weighted by Crippen LogP contribution is 2.32. The Morgan fingerprint density at radius 3 is 1.88 bits per heavy atom. The Hall–Kier alpha value is -2.36. The molecule has 0 aliphatic carbocycles. The summed E-state index contributed by atoms with van der Waals surface area (Å²) in [5, 5.41) is 10.4. The van der Waals surface area contributed by atoms with Gasteiger partial charge in [-0.05, 0) is 30.2 Å². The van der Waals surface area contributed by atoms with Crippen molar-refractivity contribution < 1.29 is 5.11 Å². The molecule has 0 saturated carbocycles. The van der Waals surface area contributed by atoms with Crippen molar-refractivity contribution in [1.82, 2.24) is 0 Å². The molecule has 1 N–H and O–H groups in total. The molecule has 26 heavy (non-hydrogen) atoms. The summed E-state index contributed by atoms with van der Waals surface area (Å²) in [6, 6.07) is 29.1. The Morgan fingerprint density at radius 2 is 1.38 bits per heavy atom. The van der Waals surface area contributed by atoms with Crippen molar-refractivity contribution >= 4 is 22.5 Å². The van der Waals surface area contributed by atoms with E-state index < -0.39 is 0 Å². The lowest BCUT2D eigenvalue weighted by Crippen LogP contribution is -2.12. The molecule has 3 aromatic carbocycles. The number of aliphatic hydroxyl groups excluding tert-OH is 1. The third-order valence-electron chi connectivity index (χ3n) is 4.13. The molecule has 0 radical (unpaired) electrons. The van der Waals surface area contributed by atoms with Crippen molar-refractivity contribution in [1.29, 1.82) is 0 Å². The van der Waals surface area contributed by atoms with Gasteiger partial charge in [-0.1, -0.05) is 78.4 Å². The summed E-state index contributed by atoms with van der Waals surface area (Å²) in [7, 11) is 0. The second-order valence-corrected chi connectivity index (χ2v) is 7.23. The highest BCUT2D eigenvalue weighted by molar-refractivity contribution is 8.14. The van der Waals surface area contributed by atoms with Crippen molar-refractivity contribution in [3.05, 3.63) is 102 Å². The van der Waals surface area contributed by atoms with Gasteiger partial charge in [0.25, 0.3) is 0 Å². The third kappa shape index (κ3) is 4.84. The highest BCUT2D eigenvalue weighted by atomic mass is 32.2. The molecule has 2 nitrogen and oxygen atoms in total. The fourth-order valence-corrected chi connectivity index (χ4v) is 3.75. The summed E-state index contributed by atoms with van der Waals surface area (Å²) < 4.78 is 0. The largest absolute Gasteiger partial charge is 0.396 e. The van der Waals surface area contributed by atoms with Crippen molar-refractivity contribution in [2.75, 3.05) is 12.4 Å². The topological polar surface area (TPSA) is 32.6 Å². The van der Waals surface area contributed by atoms with E-state index in [4.69, 9.17) is 4.99 Å². The molecular formula is C23H23NOS. The maximum absolute atomic E-state index is 9.36. The smallest absolute Gasteiger partial charge is 0.0858 e. The Balaban J connectivity index is 2.08. The summed E-state index contributed by atoms with van der Waals surface area (Å²) >= 11 is 1.62. The lowest BCUT2D eigenvalue weighted by atomic mass is 9.92. The fraction of sp³-hybridized carbons (Fsp3) is 0.174. The zero-order valence-electron chi connectivity index (χ0n) is 14.9. The number of hydrogen-bond donors (Lipinski definition) is 1. The quantitative estimate of drug-likeness (QED) is 0.459. The second kappa shape index (κ2) is 9.37. The predicted molar refractivity (Wildman–Crippen MR) is 113 cm³/mol. The average molecular weight is 362 g/mol. The van der Waals surface area contributed by atoms with Gasteiger partial charge in [0.2, 0.25) is 0 Å². The van der Waals surface area contributed by atoms with E-state index in [0.29, 0.717) is 5.75 Å². The summed E-state index contributed by atoms with van der Waals surface area (Å²) in [5.74, 6) is 0.677. The standard InChI is InChI=1S/C23H23NOS/c1-18-12-14-21(15-13-18)24-23(26-17-16-25)22(19-8-4-2-5-9-19)20-10-6-3-7-11-20/h2-15,22,25H,16-17H2,1H3. The van der Waals surface area contributed by atoms with E-state index in [1.807, 2.05) is 24.3 Å². The molecule has 3 aromatic rings. The van der Waals surface area contributed by atoms with Crippen LogP contribution in [0, 0.1) is 6.92 Å². The van der Waals surface area contributed by atoms with E-state index in [1.165, 1.54) is 16.7 Å². The molecular weight excluding hydrogens is 338 g/mol. The molecule has 0 spiro atoms. The number of thioether (sulfide) groups is 1. The molecule has 3 rings (SSSR count). The summed E-state index contributed by atoms with van der Waals surface area (Å²) in [4.78, 5) is 4.96. The van der Waals surface area contributed by atoms with Gasteiger partial charge in [0.1, 0.15) is 0 Å². The molecule has 0 heterocycles. The lowest BCUT2D eigenvalue weighted by molar-refractivity contribution is 0.323. The van der Waals surface area contributed by atoms with Crippen LogP contribution in [0.3, 0.4) is 0 Å². The highest BCUT2D eigenvalue weighted by Gasteiger charge is 2.21. The molecule has 0 aromatic heterocycles. The van der Waals surface area contributed by atoms with Crippen LogP contribution >= 0.6 is 11.8 Å². The van der Waals surface area contributed by atoms with Gasteiger partial charge in [0.05, 0.1) is 23.3 Å². The maximum Gasteiger partial charge on any atom is 0.0858 e.